The summed E-state index contributed by atoms with van der Waals surface area (Å²) in [6.07, 6.45) is 4.62. The standard InChI is InChI=1S/C18H17ClN4/c1-13-12-20-10-8-14(13)9-11-21-18-7-6-17(22-23-18)15-4-2-3-5-16(15)19/h2-8,10,12H,9,11H2,1H3,(H,21,23). The largest absolute Gasteiger partial charge is 0.368 e. The summed E-state index contributed by atoms with van der Waals surface area (Å²) < 4.78 is 0. The van der Waals surface area contributed by atoms with Gasteiger partial charge < -0.3 is 5.32 Å². The third-order valence-electron chi connectivity index (χ3n) is 3.65. The molecular weight excluding hydrogens is 308 g/mol. The van der Waals surface area contributed by atoms with E-state index in [4.69, 9.17) is 11.6 Å². The van der Waals surface area contributed by atoms with Crippen molar-refractivity contribution < 1.29 is 0 Å². The van der Waals surface area contributed by atoms with E-state index in [0.717, 1.165) is 30.0 Å². The van der Waals surface area contributed by atoms with E-state index >= 15 is 0 Å². The van der Waals surface area contributed by atoms with Gasteiger partial charge in [-0.15, -0.1) is 10.2 Å². The summed E-state index contributed by atoms with van der Waals surface area (Å²) in [5.41, 5.74) is 4.15. The Morgan fingerprint density at radius 2 is 1.91 bits per heavy atom. The zero-order valence-electron chi connectivity index (χ0n) is 12.8. The Morgan fingerprint density at radius 3 is 2.65 bits per heavy atom. The van der Waals surface area contributed by atoms with Gasteiger partial charge in [0.1, 0.15) is 5.82 Å². The molecule has 3 aromatic rings. The van der Waals surface area contributed by atoms with Crippen molar-refractivity contribution in [1.29, 1.82) is 0 Å². The minimum absolute atomic E-state index is 0.677. The van der Waals surface area contributed by atoms with Crippen LogP contribution in [0.4, 0.5) is 5.82 Å². The number of rotatable bonds is 5. The van der Waals surface area contributed by atoms with E-state index in [1.807, 2.05) is 54.9 Å². The van der Waals surface area contributed by atoms with Gasteiger partial charge in [-0.3, -0.25) is 4.98 Å². The Balaban J connectivity index is 1.62. The fraction of sp³-hybridized carbons (Fsp3) is 0.167. The van der Waals surface area contributed by atoms with Crippen LogP contribution in [0.3, 0.4) is 0 Å². The highest BCUT2D eigenvalue weighted by Gasteiger charge is 2.05. The van der Waals surface area contributed by atoms with Crippen LogP contribution in [0.15, 0.2) is 54.9 Å². The number of aryl methyl sites for hydroxylation is 1. The van der Waals surface area contributed by atoms with Crippen molar-refractivity contribution in [2.45, 2.75) is 13.3 Å². The predicted octanol–water partition coefficient (Wildman–Crippen LogP) is 4.16. The van der Waals surface area contributed by atoms with Gasteiger partial charge in [-0.1, -0.05) is 29.8 Å². The van der Waals surface area contributed by atoms with Gasteiger partial charge in [0.15, 0.2) is 0 Å². The Labute approximate surface area is 140 Å². The fourth-order valence-corrected chi connectivity index (χ4v) is 2.58. The first kappa shape index (κ1) is 15.4. The minimum atomic E-state index is 0.677. The SMILES string of the molecule is Cc1cnccc1CCNc1ccc(-c2ccccc2Cl)nn1. The molecule has 0 bridgehead atoms. The third kappa shape index (κ3) is 3.85. The van der Waals surface area contributed by atoms with Gasteiger partial charge in [0.2, 0.25) is 0 Å². The molecule has 0 atom stereocenters. The van der Waals surface area contributed by atoms with Crippen LogP contribution in [0.5, 0.6) is 0 Å². The summed E-state index contributed by atoms with van der Waals surface area (Å²) in [5.74, 6) is 0.757. The molecule has 0 spiro atoms. The van der Waals surface area contributed by atoms with Gasteiger partial charge in [-0.2, -0.15) is 0 Å². The van der Waals surface area contributed by atoms with Crippen LogP contribution in [0.1, 0.15) is 11.1 Å². The molecule has 23 heavy (non-hydrogen) atoms. The van der Waals surface area contributed by atoms with Crippen LogP contribution in [0, 0.1) is 6.92 Å². The highest BCUT2D eigenvalue weighted by atomic mass is 35.5. The first-order chi connectivity index (χ1) is 11.2. The van der Waals surface area contributed by atoms with E-state index in [-0.39, 0.29) is 0 Å². The summed E-state index contributed by atoms with van der Waals surface area (Å²) in [7, 11) is 0. The molecule has 5 heteroatoms. The number of benzene rings is 1. The Kier molecular flexibility index (Phi) is 4.83. The summed E-state index contributed by atoms with van der Waals surface area (Å²) in [5, 5.41) is 12.4. The highest BCUT2D eigenvalue weighted by molar-refractivity contribution is 6.33. The summed E-state index contributed by atoms with van der Waals surface area (Å²) in [4.78, 5) is 4.10. The van der Waals surface area contributed by atoms with Crippen molar-refractivity contribution >= 4 is 17.4 Å². The van der Waals surface area contributed by atoms with E-state index in [9.17, 15) is 0 Å². The number of aromatic nitrogens is 3. The Morgan fingerprint density at radius 1 is 1.04 bits per heavy atom. The maximum Gasteiger partial charge on any atom is 0.148 e. The quantitative estimate of drug-likeness (QED) is 0.765. The Hall–Kier alpha value is -2.46. The summed E-state index contributed by atoms with van der Waals surface area (Å²) in [6.45, 7) is 2.87. The number of hydrogen-bond donors (Lipinski definition) is 1. The van der Waals surface area contributed by atoms with Gasteiger partial charge in [0.25, 0.3) is 0 Å². The first-order valence-corrected chi connectivity index (χ1v) is 7.84. The van der Waals surface area contributed by atoms with E-state index in [1.165, 1.54) is 11.1 Å². The van der Waals surface area contributed by atoms with Gasteiger partial charge in [-0.05, 0) is 48.7 Å². The monoisotopic (exact) mass is 324 g/mol. The number of hydrogen-bond acceptors (Lipinski definition) is 4. The molecule has 3 rings (SSSR count). The fourth-order valence-electron chi connectivity index (χ4n) is 2.35. The van der Waals surface area contributed by atoms with Crippen LogP contribution in [-0.4, -0.2) is 21.7 Å². The molecule has 4 nitrogen and oxygen atoms in total. The molecule has 0 aliphatic heterocycles. The second-order valence-electron chi connectivity index (χ2n) is 5.26. The van der Waals surface area contributed by atoms with Crippen molar-refractivity contribution in [3.8, 4) is 11.3 Å². The average molecular weight is 325 g/mol. The molecule has 0 fully saturated rings. The van der Waals surface area contributed by atoms with Gasteiger partial charge >= 0.3 is 0 Å². The average Bonchev–Trinajstić information content (AvgIpc) is 2.58. The minimum Gasteiger partial charge on any atom is -0.368 e. The number of pyridine rings is 1. The van der Waals surface area contributed by atoms with Crippen LogP contribution in [0.2, 0.25) is 5.02 Å². The second kappa shape index (κ2) is 7.20. The second-order valence-corrected chi connectivity index (χ2v) is 5.67. The lowest BCUT2D eigenvalue weighted by Crippen LogP contribution is -2.08. The van der Waals surface area contributed by atoms with E-state index in [1.54, 1.807) is 0 Å². The molecule has 0 aliphatic rings. The lowest BCUT2D eigenvalue weighted by atomic mass is 10.1. The molecule has 1 N–H and O–H groups in total. The van der Waals surface area contributed by atoms with Crippen molar-refractivity contribution in [1.82, 2.24) is 15.2 Å². The number of halogens is 1. The number of anilines is 1. The molecule has 1 aromatic carbocycles. The zero-order valence-corrected chi connectivity index (χ0v) is 13.6. The number of nitrogens with one attached hydrogen (secondary N) is 1. The molecule has 2 aromatic heterocycles. The summed E-state index contributed by atoms with van der Waals surface area (Å²) in [6, 6.07) is 13.5. The maximum atomic E-state index is 6.18. The van der Waals surface area contributed by atoms with Crippen molar-refractivity contribution in [2.24, 2.45) is 0 Å². The van der Waals surface area contributed by atoms with Crippen LogP contribution < -0.4 is 5.32 Å². The van der Waals surface area contributed by atoms with Crippen molar-refractivity contribution in [3.63, 3.8) is 0 Å². The number of nitrogens with zero attached hydrogens (tertiary/aromatic N) is 3. The maximum absolute atomic E-state index is 6.18. The van der Waals surface area contributed by atoms with Crippen LogP contribution in [-0.2, 0) is 6.42 Å². The molecule has 0 amide bonds. The smallest absolute Gasteiger partial charge is 0.148 e. The van der Waals surface area contributed by atoms with Crippen LogP contribution >= 0.6 is 11.6 Å². The molecule has 0 radical (unpaired) electrons. The van der Waals surface area contributed by atoms with E-state index in [2.05, 4.69) is 27.4 Å². The van der Waals surface area contributed by atoms with Crippen molar-refractivity contribution in [3.05, 3.63) is 71.0 Å². The molecule has 0 saturated heterocycles. The van der Waals surface area contributed by atoms with Crippen molar-refractivity contribution in [2.75, 3.05) is 11.9 Å². The normalized spacial score (nSPS) is 10.5. The molecule has 116 valence electrons. The summed E-state index contributed by atoms with van der Waals surface area (Å²) >= 11 is 6.18. The lowest BCUT2D eigenvalue weighted by Gasteiger charge is -2.08. The third-order valence-corrected chi connectivity index (χ3v) is 3.98. The van der Waals surface area contributed by atoms with Crippen LogP contribution in [0.25, 0.3) is 11.3 Å². The van der Waals surface area contributed by atoms with Gasteiger partial charge in [0.05, 0.1) is 10.7 Å². The first-order valence-electron chi connectivity index (χ1n) is 7.46. The van der Waals surface area contributed by atoms with Gasteiger partial charge in [-0.25, -0.2) is 0 Å². The van der Waals surface area contributed by atoms with E-state index < -0.39 is 0 Å². The molecule has 0 saturated carbocycles. The lowest BCUT2D eigenvalue weighted by molar-refractivity contribution is 0.958. The zero-order chi connectivity index (χ0) is 16.1. The highest BCUT2D eigenvalue weighted by Crippen LogP contribution is 2.25. The molecule has 0 unspecified atom stereocenters. The van der Waals surface area contributed by atoms with Gasteiger partial charge in [0, 0.05) is 24.5 Å². The van der Waals surface area contributed by atoms with E-state index in [0.29, 0.717) is 5.02 Å². The molecule has 2 heterocycles. The molecule has 0 aliphatic carbocycles. The molecular formula is C18H17ClN4. The predicted molar refractivity (Wildman–Crippen MR) is 93.6 cm³/mol. The Bertz CT molecular complexity index is 787. The topological polar surface area (TPSA) is 50.7 Å².